The van der Waals surface area contributed by atoms with Crippen LogP contribution < -0.4 is 0 Å². The highest BCUT2D eigenvalue weighted by atomic mass is 16.6. The van der Waals surface area contributed by atoms with E-state index in [4.69, 9.17) is 0 Å². The molecular weight excluding hydrogens is 190 g/mol. The van der Waals surface area contributed by atoms with E-state index in [0.29, 0.717) is 12.8 Å². The molecule has 1 rings (SSSR count). The smallest absolute Gasteiger partial charge is 0.258 e. The van der Waals surface area contributed by atoms with E-state index in [1.807, 2.05) is 6.07 Å². The van der Waals surface area contributed by atoms with Crippen LogP contribution >= 0.6 is 0 Å². The van der Waals surface area contributed by atoms with Crippen molar-refractivity contribution < 1.29 is 4.92 Å². The molecule has 0 N–H and O–H groups in total. The van der Waals surface area contributed by atoms with Crippen molar-refractivity contribution in [2.24, 2.45) is 0 Å². The number of nitro benzene ring substituents is 1. The average Bonchev–Trinajstić information content (AvgIpc) is 2.18. The van der Waals surface area contributed by atoms with Gasteiger partial charge in [0.25, 0.3) is 5.69 Å². The van der Waals surface area contributed by atoms with Crippen LogP contribution in [0.3, 0.4) is 0 Å². The summed E-state index contributed by atoms with van der Waals surface area (Å²) < 4.78 is 0. The molecule has 0 aromatic heterocycles. The van der Waals surface area contributed by atoms with Gasteiger partial charge in [-0.05, 0) is 24.0 Å². The molecule has 3 heteroatoms. The topological polar surface area (TPSA) is 43.1 Å². The van der Waals surface area contributed by atoms with E-state index in [9.17, 15) is 10.1 Å². The first kappa shape index (κ1) is 11.2. The van der Waals surface area contributed by atoms with Gasteiger partial charge in [-0.25, -0.2) is 0 Å². The molecular formula is C12H13NO2. The Bertz CT molecular complexity index is 368. The number of non-ortho nitro benzene ring substituents is 1. The maximum absolute atomic E-state index is 10.7. The van der Waals surface area contributed by atoms with Crippen LogP contribution in [0, 0.1) is 10.1 Å². The Hall–Kier alpha value is -1.90. The molecule has 0 saturated carbocycles. The summed E-state index contributed by atoms with van der Waals surface area (Å²) in [5, 5.41) is 10.7. The lowest BCUT2D eigenvalue weighted by molar-refractivity contribution is -0.385. The van der Waals surface area contributed by atoms with Gasteiger partial charge >= 0.3 is 0 Å². The zero-order chi connectivity index (χ0) is 11.3. The maximum atomic E-state index is 10.7. The molecule has 0 amide bonds. The van der Waals surface area contributed by atoms with Gasteiger partial charge in [0.05, 0.1) is 4.92 Å². The number of nitro groups is 1. The molecule has 0 atom stereocenters. The first-order valence-corrected chi connectivity index (χ1v) is 4.66. The standard InChI is InChI=1S/C12H13NO2/c1-3-5-10-7-11(6-4-2)9-12(8-10)13(14)15/h3-4,7-9H,1-2,5-6H2. The molecule has 0 fully saturated rings. The van der Waals surface area contributed by atoms with E-state index in [0.717, 1.165) is 11.1 Å². The molecule has 1 aromatic rings. The van der Waals surface area contributed by atoms with Crippen LogP contribution in [-0.2, 0) is 12.8 Å². The van der Waals surface area contributed by atoms with E-state index in [1.165, 1.54) is 0 Å². The van der Waals surface area contributed by atoms with Crippen LogP contribution in [0.5, 0.6) is 0 Å². The second-order valence-electron chi connectivity index (χ2n) is 3.25. The summed E-state index contributed by atoms with van der Waals surface area (Å²) in [5.74, 6) is 0. The summed E-state index contributed by atoms with van der Waals surface area (Å²) >= 11 is 0. The summed E-state index contributed by atoms with van der Waals surface area (Å²) in [6, 6.07) is 5.10. The number of hydrogen-bond acceptors (Lipinski definition) is 2. The Morgan fingerprint density at radius 1 is 1.13 bits per heavy atom. The summed E-state index contributed by atoms with van der Waals surface area (Å²) in [7, 11) is 0. The zero-order valence-electron chi connectivity index (χ0n) is 8.48. The molecule has 0 aliphatic heterocycles. The molecule has 3 nitrogen and oxygen atoms in total. The Kier molecular flexibility index (Phi) is 3.80. The largest absolute Gasteiger partial charge is 0.269 e. The molecule has 0 aliphatic rings. The van der Waals surface area contributed by atoms with E-state index in [1.54, 1.807) is 24.3 Å². The Morgan fingerprint density at radius 3 is 1.93 bits per heavy atom. The second-order valence-corrected chi connectivity index (χ2v) is 3.25. The Labute approximate surface area is 88.9 Å². The Morgan fingerprint density at radius 2 is 1.60 bits per heavy atom. The lowest BCUT2D eigenvalue weighted by Gasteiger charge is -2.02. The van der Waals surface area contributed by atoms with Gasteiger partial charge in [-0.2, -0.15) is 0 Å². The Balaban J connectivity index is 3.12. The highest BCUT2D eigenvalue weighted by Crippen LogP contribution is 2.18. The molecule has 0 saturated heterocycles. The number of hydrogen-bond donors (Lipinski definition) is 0. The molecule has 0 heterocycles. The molecule has 78 valence electrons. The van der Waals surface area contributed by atoms with Crippen LogP contribution in [0.15, 0.2) is 43.5 Å². The van der Waals surface area contributed by atoms with Gasteiger partial charge in [-0.15, -0.1) is 13.2 Å². The molecule has 1 aromatic carbocycles. The molecule has 15 heavy (non-hydrogen) atoms. The van der Waals surface area contributed by atoms with E-state index in [2.05, 4.69) is 13.2 Å². The normalized spacial score (nSPS) is 9.60. The van der Waals surface area contributed by atoms with Crippen molar-refractivity contribution in [3.63, 3.8) is 0 Å². The number of benzene rings is 1. The minimum absolute atomic E-state index is 0.131. The van der Waals surface area contributed by atoms with Gasteiger partial charge in [-0.1, -0.05) is 18.2 Å². The third kappa shape index (κ3) is 3.06. The van der Waals surface area contributed by atoms with Crippen molar-refractivity contribution in [1.29, 1.82) is 0 Å². The summed E-state index contributed by atoms with van der Waals surface area (Å²) in [6.07, 6.45) is 4.76. The van der Waals surface area contributed by atoms with Gasteiger partial charge in [0, 0.05) is 12.1 Å². The van der Waals surface area contributed by atoms with Crippen molar-refractivity contribution >= 4 is 5.69 Å². The van der Waals surface area contributed by atoms with Crippen molar-refractivity contribution in [1.82, 2.24) is 0 Å². The number of nitrogens with zero attached hydrogens (tertiary/aromatic N) is 1. The van der Waals surface area contributed by atoms with Crippen LogP contribution in [-0.4, -0.2) is 4.92 Å². The van der Waals surface area contributed by atoms with Gasteiger partial charge in [-0.3, -0.25) is 10.1 Å². The summed E-state index contributed by atoms with van der Waals surface area (Å²) in [5.41, 5.74) is 1.96. The summed E-state index contributed by atoms with van der Waals surface area (Å²) in [6.45, 7) is 7.23. The fourth-order valence-electron chi connectivity index (χ4n) is 1.42. The van der Waals surface area contributed by atoms with Crippen molar-refractivity contribution in [2.75, 3.05) is 0 Å². The second kappa shape index (κ2) is 5.10. The maximum Gasteiger partial charge on any atom is 0.269 e. The molecule has 0 unspecified atom stereocenters. The first-order chi connectivity index (χ1) is 7.17. The van der Waals surface area contributed by atoms with E-state index >= 15 is 0 Å². The van der Waals surface area contributed by atoms with Crippen LogP contribution in [0.2, 0.25) is 0 Å². The predicted molar refractivity (Wildman–Crippen MR) is 60.9 cm³/mol. The number of allylic oxidation sites excluding steroid dienone is 2. The highest BCUT2D eigenvalue weighted by molar-refractivity contribution is 5.40. The van der Waals surface area contributed by atoms with Crippen molar-refractivity contribution in [2.45, 2.75) is 12.8 Å². The summed E-state index contributed by atoms with van der Waals surface area (Å²) in [4.78, 5) is 10.3. The molecule has 0 aliphatic carbocycles. The predicted octanol–water partition coefficient (Wildman–Crippen LogP) is 3.05. The van der Waals surface area contributed by atoms with Crippen LogP contribution in [0.1, 0.15) is 11.1 Å². The minimum Gasteiger partial charge on any atom is -0.258 e. The average molecular weight is 203 g/mol. The van der Waals surface area contributed by atoms with E-state index < -0.39 is 0 Å². The lowest BCUT2D eigenvalue weighted by atomic mass is 10.0. The van der Waals surface area contributed by atoms with Gasteiger partial charge < -0.3 is 0 Å². The molecule has 0 spiro atoms. The first-order valence-electron chi connectivity index (χ1n) is 4.66. The van der Waals surface area contributed by atoms with Gasteiger partial charge in [0.2, 0.25) is 0 Å². The van der Waals surface area contributed by atoms with E-state index in [-0.39, 0.29) is 10.6 Å². The third-order valence-electron chi connectivity index (χ3n) is 2.01. The minimum atomic E-state index is -0.376. The molecule has 0 radical (unpaired) electrons. The van der Waals surface area contributed by atoms with Crippen LogP contribution in [0.4, 0.5) is 5.69 Å². The monoisotopic (exact) mass is 203 g/mol. The third-order valence-corrected chi connectivity index (χ3v) is 2.01. The SMILES string of the molecule is C=CCc1cc(CC=C)cc([N+](=O)[O-])c1. The van der Waals surface area contributed by atoms with Crippen molar-refractivity contribution in [3.8, 4) is 0 Å². The van der Waals surface area contributed by atoms with Gasteiger partial charge in [0.1, 0.15) is 0 Å². The lowest BCUT2D eigenvalue weighted by Crippen LogP contribution is -1.93. The highest BCUT2D eigenvalue weighted by Gasteiger charge is 2.08. The fourth-order valence-corrected chi connectivity index (χ4v) is 1.42. The fraction of sp³-hybridized carbons (Fsp3) is 0.167. The van der Waals surface area contributed by atoms with Gasteiger partial charge in [0.15, 0.2) is 0 Å². The zero-order valence-corrected chi connectivity index (χ0v) is 8.48. The molecule has 0 bridgehead atoms. The van der Waals surface area contributed by atoms with Crippen LogP contribution in [0.25, 0.3) is 0 Å². The number of rotatable bonds is 5. The quantitative estimate of drug-likeness (QED) is 0.419. The van der Waals surface area contributed by atoms with Crippen molar-refractivity contribution in [3.05, 3.63) is 64.8 Å².